The second kappa shape index (κ2) is 7.38. The number of hydrogen-bond donors (Lipinski definition) is 2. The van der Waals surface area contributed by atoms with E-state index in [1.54, 1.807) is 19.4 Å². The quantitative estimate of drug-likeness (QED) is 0.517. The van der Waals surface area contributed by atoms with E-state index < -0.39 is 0 Å². The van der Waals surface area contributed by atoms with Crippen molar-refractivity contribution in [2.75, 3.05) is 12.4 Å². The maximum atomic E-state index is 12.3. The van der Waals surface area contributed by atoms with E-state index in [0.29, 0.717) is 15.8 Å². The van der Waals surface area contributed by atoms with Gasteiger partial charge in [-0.25, -0.2) is 9.97 Å². The topological polar surface area (TPSA) is 79.9 Å². The van der Waals surface area contributed by atoms with Crippen molar-refractivity contribution in [2.45, 2.75) is 6.42 Å². The van der Waals surface area contributed by atoms with Crippen LogP contribution in [0.4, 0.5) is 5.13 Å². The molecule has 4 rings (SSSR count). The highest BCUT2D eigenvalue weighted by atomic mass is 35.5. The lowest BCUT2D eigenvalue weighted by Gasteiger charge is -2.04. The average Bonchev–Trinajstić information content (AvgIpc) is 3.29. The Morgan fingerprint density at radius 3 is 3.11 bits per heavy atom. The van der Waals surface area contributed by atoms with Gasteiger partial charge in [-0.1, -0.05) is 23.7 Å². The molecule has 0 saturated carbocycles. The Hall–Kier alpha value is -2.90. The number of amides is 1. The van der Waals surface area contributed by atoms with Gasteiger partial charge in [-0.15, -0.1) is 11.3 Å². The lowest BCUT2D eigenvalue weighted by Crippen LogP contribution is -2.14. The van der Waals surface area contributed by atoms with E-state index in [1.807, 2.05) is 35.8 Å². The Balaban J connectivity index is 1.51. The molecule has 27 heavy (non-hydrogen) atoms. The molecule has 3 aromatic heterocycles. The number of nitrogens with zero attached hydrogens (tertiary/aromatic N) is 2. The Kier molecular flexibility index (Phi) is 4.79. The third kappa shape index (κ3) is 3.65. The van der Waals surface area contributed by atoms with Crippen LogP contribution in [0, 0.1) is 0 Å². The summed E-state index contributed by atoms with van der Waals surface area (Å²) in [5, 5.41) is 6.68. The molecule has 0 aliphatic heterocycles. The summed E-state index contributed by atoms with van der Waals surface area (Å²) in [6.07, 6.45) is 3.71. The first kappa shape index (κ1) is 17.5. The summed E-state index contributed by atoms with van der Waals surface area (Å²) in [4.78, 5) is 24.2. The van der Waals surface area contributed by atoms with Crippen molar-refractivity contribution in [1.29, 1.82) is 0 Å². The molecule has 3 heterocycles. The zero-order chi connectivity index (χ0) is 18.8. The smallest absolute Gasteiger partial charge is 0.230 e. The largest absolute Gasteiger partial charge is 0.497 e. The predicted molar refractivity (Wildman–Crippen MR) is 108 cm³/mol. The SMILES string of the molecule is COc1cccc(CC(=O)Nc2nc(-c3c[nH]c4nccc(Cl)c34)cs2)c1. The van der Waals surface area contributed by atoms with Crippen molar-refractivity contribution in [3.05, 3.63) is 58.7 Å². The first-order chi connectivity index (χ1) is 13.1. The molecule has 2 N–H and O–H groups in total. The van der Waals surface area contributed by atoms with Crippen LogP contribution in [0.3, 0.4) is 0 Å². The highest BCUT2D eigenvalue weighted by molar-refractivity contribution is 7.14. The van der Waals surface area contributed by atoms with Crippen LogP contribution in [0.1, 0.15) is 5.56 Å². The monoisotopic (exact) mass is 398 g/mol. The zero-order valence-corrected chi connectivity index (χ0v) is 15.9. The van der Waals surface area contributed by atoms with E-state index >= 15 is 0 Å². The third-order valence-electron chi connectivity index (χ3n) is 4.05. The number of carbonyl (C=O) groups is 1. The molecule has 8 heteroatoms. The summed E-state index contributed by atoms with van der Waals surface area (Å²) >= 11 is 7.66. The molecule has 0 spiro atoms. The number of aromatic amines is 1. The van der Waals surface area contributed by atoms with Crippen molar-refractivity contribution in [2.24, 2.45) is 0 Å². The number of nitrogens with one attached hydrogen (secondary N) is 2. The molecular formula is C19H15ClN4O2S. The molecule has 0 saturated heterocycles. The Bertz CT molecular complexity index is 1120. The number of benzene rings is 1. The minimum absolute atomic E-state index is 0.136. The normalized spacial score (nSPS) is 10.9. The van der Waals surface area contributed by atoms with Gasteiger partial charge in [0.2, 0.25) is 5.91 Å². The van der Waals surface area contributed by atoms with Gasteiger partial charge in [0.05, 0.1) is 24.2 Å². The highest BCUT2D eigenvalue weighted by Crippen LogP contribution is 2.34. The Labute approximate surface area is 164 Å². The van der Waals surface area contributed by atoms with Gasteiger partial charge in [0.15, 0.2) is 5.13 Å². The number of anilines is 1. The fraction of sp³-hybridized carbons (Fsp3) is 0.105. The summed E-state index contributed by atoms with van der Waals surface area (Å²) in [5.74, 6) is 0.587. The molecule has 0 atom stereocenters. The zero-order valence-electron chi connectivity index (χ0n) is 14.3. The summed E-state index contributed by atoms with van der Waals surface area (Å²) in [6, 6.07) is 9.17. The van der Waals surface area contributed by atoms with E-state index in [-0.39, 0.29) is 12.3 Å². The average molecular weight is 399 g/mol. The first-order valence-electron chi connectivity index (χ1n) is 8.14. The van der Waals surface area contributed by atoms with Gasteiger partial charge in [0.25, 0.3) is 0 Å². The van der Waals surface area contributed by atoms with Crippen molar-refractivity contribution in [1.82, 2.24) is 15.0 Å². The van der Waals surface area contributed by atoms with E-state index in [9.17, 15) is 4.79 Å². The summed E-state index contributed by atoms with van der Waals surface area (Å²) in [6.45, 7) is 0. The molecule has 6 nitrogen and oxygen atoms in total. The molecule has 4 aromatic rings. The van der Waals surface area contributed by atoms with Gasteiger partial charge in [-0.3, -0.25) is 4.79 Å². The van der Waals surface area contributed by atoms with Gasteiger partial charge >= 0.3 is 0 Å². The maximum Gasteiger partial charge on any atom is 0.230 e. The minimum Gasteiger partial charge on any atom is -0.497 e. The molecule has 136 valence electrons. The number of aromatic nitrogens is 3. The van der Waals surface area contributed by atoms with Crippen molar-refractivity contribution in [3.8, 4) is 17.0 Å². The number of H-pyrrole nitrogens is 1. The number of pyridine rings is 1. The van der Waals surface area contributed by atoms with E-state index in [2.05, 4.69) is 20.3 Å². The van der Waals surface area contributed by atoms with Gasteiger partial charge in [-0.05, 0) is 23.8 Å². The van der Waals surface area contributed by atoms with Crippen molar-refractivity contribution >= 4 is 45.0 Å². The van der Waals surface area contributed by atoms with Crippen LogP contribution in [0.5, 0.6) is 5.75 Å². The Morgan fingerprint density at radius 1 is 1.37 bits per heavy atom. The predicted octanol–water partition coefficient (Wildman–Crippen LogP) is 4.53. The lowest BCUT2D eigenvalue weighted by atomic mass is 10.1. The molecule has 0 aliphatic rings. The minimum atomic E-state index is -0.136. The summed E-state index contributed by atoms with van der Waals surface area (Å²) < 4.78 is 5.18. The molecule has 1 aromatic carbocycles. The maximum absolute atomic E-state index is 12.3. The van der Waals surface area contributed by atoms with Gasteiger partial charge < -0.3 is 15.0 Å². The number of fused-ring (bicyclic) bond motifs is 1. The molecule has 0 fully saturated rings. The number of thiazole rings is 1. The summed E-state index contributed by atoms with van der Waals surface area (Å²) in [7, 11) is 1.60. The molecule has 1 amide bonds. The number of hydrogen-bond acceptors (Lipinski definition) is 5. The van der Waals surface area contributed by atoms with E-state index in [0.717, 1.165) is 28.0 Å². The standard InChI is InChI=1S/C19H15ClN4O2S/c1-26-12-4-2-3-11(7-12)8-16(25)24-19-23-15(10-27-19)13-9-22-18-17(13)14(20)5-6-21-18/h2-7,9-10H,8H2,1H3,(H,21,22)(H,23,24,25). The van der Waals surface area contributed by atoms with E-state index in [4.69, 9.17) is 16.3 Å². The number of ether oxygens (including phenoxy) is 1. The van der Waals surface area contributed by atoms with Crippen LogP contribution >= 0.6 is 22.9 Å². The molecule has 0 bridgehead atoms. The fourth-order valence-electron chi connectivity index (χ4n) is 2.80. The van der Waals surface area contributed by atoms with Gasteiger partial charge in [-0.2, -0.15) is 0 Å². The number of halogens is 1. The summed E-state index contributed by atoms with van der Waals surface area (Å²) in [5.41, 5.74) is 3.16. The van der Waals surface area contributed by atoms with Crippen LogP contribution < -0.4 is 10.1 Å². The van der Waals surface area contributed by atoms with Crippen molar-refractivity contribution in [3.63, 3.8) is 0 Å². The van der Waals surface area contributed by atoms with Gasteiger partial charge in [0.1, 0.15) is 11.4 Å². The molecule has 0 radical (unpaired) electrons. The fourth-order valence-corrected chi connectivity index (χ4v) is 3.78. The van der Waals surface area contributed by atoms with E-state index in [1.165, 1.54) is 11.3 Å². The van der Waals surface area contributed by atoms with Crippen LogP contribution in [0.25, 0.3) is 22.3 Å². The Morgan fingerprint density at radius 2 is 2.26 bits per heavy atom. The highest BCUT2D eigenvalue weighted by Gasteiger charge is 2.14. The van der Waals surface area contributed by atoms with Crippen molar-refractivity contribution < 1.29 is 9.53 Å². The lowest BCUT2D eigenvalue weighted by molar-refractivity contribution is -0.115. The van der Waals surface area contributed by atoms with Crippen LogP contribution in [0.15, 0.2) is 48.1 Å². The molecule has 0 unspecified atom stereocenters. The first-order valence-corrected chi connectivity index (χ1v) is 9.40. The second-order valence-electron chi connectivity index (χ2n) is 5.83. The van der Waals surface area contributed by atoms with Crippen LogP contribution in [0.2, 0.25) is 5.02 Å². The number of rotatable bonds is 5. The molecular weight excluding hydrogens is 384 g/mol. The molecule has 0 aliphatic carbocycles. The van der Waals surface area contributed by atoms with Gasteiger partial charge in [0, 0.05) is 28.7 Å². The van der Waals surface area contributed by atoms with Crippen LogP contribution in [-0.4, -0.2) is 28.0 Å². The number of carbonyl (C=O) groups excluding carboxylic acids is 1. The second-order valence-corrected chi connectivity index (χ2v) is 7.10. The third-order valence-corrected chi connectivity index (χ3v) is 5.12. The van der Waals surface area contributed by atoms with Crippen LogP contribution in [-0.2, 0) is 11.2 Å². The number of methoxy groups -OCH3 is 1.